The Bertz CT molecular complexity index is 1740. The number of aromatic hydroxyl groups is 1. The van der Waals surface area contributed by atoms with Crippen LogP contribution in [0.5, 0.6) is 23.1 Å². The monoisotopic (exact) mass is 603 g/mol. The van der Waals surface area contributed by atoms with E-state index in [-0.39, 0.29) is 55.3 Å². The van der Waals surface area contributed by atoms with Gasteiger partial charge >= 0.3 is 0 Å². The number of hydrogen-bond acceptors (Lipinski definition) is 10. The summed E-state index contributed by atoms with van der Waals surface area (Å²) in [5.41, 5.74) is 0.513. The molecule has 0 bridgehead atoms. The number of hydrogen-bond donors (Lipinski definition) is 1. The molecular weight excluding hydrogens is 578 g/mol. The third-order valence-corrected chi connectivity index (χ3v) is 8.31. The lowest BCUT2D eigenvalue weighted by Gasteiger charge is -2.17. The number of fused-ring (bicyclic) bond motifs is 1. The lowest BCUT2D eigenvalue weighted by molar-refractivity contribution is -0.122. The Morgan fingerprint density at radius 3 is 2.64 bits per heavy atom. The molecule has 1 amide bonds. The number of rotatable bonds is 9. The molecule has 12 heteroatoms. The van der Waals surface area contributed by atoms with E-state index < -0.39 is 17.2 Å². The van der Waals surface area contributed by atoms with Gasteiger partial charge in [0.05, 0.1) is 24.1 Å². The van der Waals surface area contributed by atoms with Crippen molar-refractivity contribution >= 4 is 46.1 Å². The summed E-state index contributed by atoms with van der Waals surface area (Å²) in [6.45, 7) is 1.65. The van der Waals surface area contributed by atoms with Crippen molar-refractivity contribution in [2.75, 3.05) is 20.4 Å². The number of carbonyl (C=O) groups is 2. The topological polar surface area (TPSA) is 131 Å². The number of thioether (sulfide) groups is 1. The second-order valence-corrected chi connectivity index (χ2v) is 11.2. The van der Waals surface area contributed by atoms with E-state index >= 15 is 0 Å². The molecule has 10 nitrogen and oxygen atoms in total. The first-order valence-corrected chi connectivity index (χ1v) is 14.1. The second kappa shape index (κ2) is 12.1. The van der Waals surface area contributed by atoms with Crippen molar-refractivity contribution in [3.63, 3.8) is 0 Å². The molecule has 3 heterocycles. The molecule has 0 unspecified atom stereocenters. The number of nitrogens with zero attached hydrogens (tertiary/aromatic N) is 3. The number of amides is 1. The summed E-state index contributed by atoms with van der Waals surface area (Å²) in [7, 11) is 1.58. The van der Waals surface area contributed by atoms with E-state index in [2.05, 4.69) is 0 Å². The Morgan fingerprint density at radius 2 is 1.93 bits per heavy atom. The quantitative estimate of drug-likeness (QED) is 0.214. The number of ketones is 1. The van der Waals surface area contributed by atoms with Crippen molar-refractivity contribution in [2.24, 2.45) is 0 Å². The van der Waals surface area contributed by atoms with Crippen LogP contribution < -0.4 is 19.8 Å². The SMILES string of the molecule is COc1ccc(/C=C2\SC(=S)N(CCCC(=O)c3c(C)c(C#N)c(=O)n(Cc4ccc5c(c4)OCO5)c3O)C2=O)cc1. The van der Waals surface area contributed by atoms with Crippen LogP contribution in [0, 0.1) is 18.3 Å². The first kappa shape index (κ1) is 28.9. The average molecular weight is 604 g/mol. The standard InChI is InChI=1S/C30H25N3O7S2/c1-17-21(14-31)27(35)33(15-19-7-10-23-24(12-19)40-16-39-23)29(37)26(17)22(34)4-3-11-32-28(36)25(42-30(32)41)13-18-5-8-20(38-2)9-6-18/h5-10,12-13,37H,3-4,11,15-16H2,1-2H3/b25-13-. The number of methoxy groups -OCH3 is 1. The molecule has 1 saturated heterocycles. The molecule has 214 valence electrons. The molecule has 1 fully saturated rings. The van der Waals surface area contributed by atoms with E-state index in [1.54, 1.807) is 43.5 Å². The van der Waals surface area contributed by atoms with Gasteiger partial charge in [0.15, 0.2) is 17.3 Å². The number of nitriles is 1. The van der Waals surface area contributed by atoms with E-state index in [9.17, 15) is 24.8 Å². The second-order valence-electron chi connectivity index (χ2n) is 9.52. The molecule has 42 heavy (non-hydrogen) atoms. The Balaban J connectivity index is 1.31. The molecule has 0 saturated carbocycles. The predicted octanol–water partition coefficient (Wildman–Crippen LogP) is 4.38. The summed E-state index contributed by atoms with van der Waals surface area (Å²) in [4.78, 5) is 41.3. The summed E-state index contributed by atoms with van der Waals surface area (Å²) in [5.74, 6) is 0.531. The highest BCUT2D eigenvalue weighted by Crippen LogP contribution is 2.34. The summed E-state index contributed by atoms with van der Waals surface area (Å²) in [6.07, 6.45) is 1.96. The summed E-state index contributed by atoms with van der Waals surface area (Å²) < 4.78 is 17.2. The molecule has 5 rings (SSSR count). The molecule has 0 atom stereocenters. The number of aromatic nitrogens is 1. The maximum Gasteiger partial charge on any atom is 0.271 e. The number of Topliss-reactive ketones (excluding diaryl/α,β-unsaturated/α-hetero) is 1. The largest absolute Gasteiger partial charge is 0.497 e. The molecule has 2 aliphatic heterocycles. The van der Waals surface area contributed by atoms with Crippen LogP contribution in [0.25, 0.3) is 6.08 Å². The fourth-order valence-corrected chi connectivity index (χ4v) is 6.03. The molecule has 0 radical (unpaired) electrons. The van der Waals surface area contributed by atoms with E-state index in [0.717, 1.165) is 10.1 Å². The molecule has 1 N–H and O–H groups in total. The fourth-order valence-electron chi connectivity index (χ4n) is 4.72. The van der Waals surface area contributed by atoms with Gasteiger partial charge in [0, 0.05) is 13.0 Å². The summed E-state index contributed by atoms with van der Waals surface area (Å²) >= 11 is 6.60. The van der Waals surface area contributed by atoms with Gasteiger partial charge < -0.3 is 19.3 Å². The molecule has 1 aromatic heterocycles. The number of pyridine rings is 1. The van der Waals surface area contributed by atoms with Crippen LogP contribution in [0.3, 0.4) is 0 Å². The fraction of sp³-hybridized carbons (Fsp3) is 0.233. The third kappa shape index (κ3) is 5.61. The number of carbonyl (C=O) groups excluding carboxylic acids is 2. The maximum atomic E-state index is 13.3. The normalized spacial score (nSPS) is 14.9. The zero-order valence-electron chi connectivity index (χ0n) is 22.7. The van der Waals surface area contributed by atoms with Crippen molar-refractivity contribution in [2.45, 2.75) is 26.3 Å². The van der Waals surface area contributed by atoms with Crippen molar-refractivity contribution in [3.05, 3.63) is 85.5 Å². The van der Waals surface area contributed by atoms with Crippen molar-refractivity contribution in [1.82, 2.24) is 9.47 Å². The average Bonchev–Trinajstić information content (AvgIpc) is 3.55. The number of thiocarbonyl (C=S) groups is 1. The molecule has 3 aromatic rings. The van der Waals surface area contributed by atoms with Gasteiger partial charge in [0.1, 0.15) is 21.7 Å². The zero-order valence-corrected chi connectivity index (χ0v) is 24.3. The lowest BCUT2D eigenvalue weighted by atomic mass is 9.99. The minimum atomic E-state index is -0.706. The van der Waals surface area contributed by atoms with Gasteiger partial charge in [-0.25, -0.2) is 0 Å². The minimum absolute atomic E-state index is 0.0456. The van der Waals surface area contributed by atoms with E-state index in [1.165, 1.54) is 23.6 Å². The molecule has 2 aliphatic rings. The highest BCUT2D eigenvalue weighted by molar-refractivity contribution is 8.26. The Kier molecular flexibility index (Phi) is 8.33. The minimum Gasteiger partial charge on any atom is -0.497 e. The number of benzene rings is 2. The van der Waals surface area contributed by atoms with Gasteiger partial charge in [-0.05, 0) is 60.4 Å². The maximum absolute atomic E-state index is 13.3. The molecule has 0 spiro atoms. The van der Waals surface area contributed by atoms with Gasteiger partial charge in [0.2, 0.25) is 12.7 Å². The lowest BCUT2D eigenvalue weighted by Crippen LogP contribution is -2.30. The molecular formula is C30H25N3O7S2. The first-order valence-electron chi connectivity index (χ1n) is 12.9. The van der Waals surface area contributed by atoms with E-state index in [0.29, 0.717) is 32.0 Å². The van der Waals surface area contributed by atoms with Crippen molar-refractivity contribution in [1.29, 1.82) is 5.26 Å². The van der Waals surface area contributed by atoms with Crippen LogP contribution in [0.1, 0.15) is 45.5 Å². The van der Waals surface area contributed by atoms with Crippen LogP contribution in [-0.4, -0.2) is 51.0 Å². The first-order chi connectivity index (χ1) is 20.2. The van der Waals surface area contributed by atoms with Gasteiger partial charge in [-0.2, -0.15) is 5.26 Å². The van der Waals surface area contributed by atoms with Crippen LogP contribution in [-0.2, 0) is 11.3 Å². The van der Waals surface area contributed by atoms with Crippen LogP contribution in [0.15, 0.2) is 52.2 Å². The van der Waals surface area contributed by atoms with Gasteiger partial charge in [-0.1, -0.05) is 42.2 Å². The van der Waals surface area contributed by atoms with Gasteiger partial charge in [0.25, 0.3) is 11.5 Å². The van der Waals surface area contributed by atoms with Gasteiger partial charge in [-0.3, -0.25) is 23.9 Å². The van der Waals surface area contributed by atoms with E-state index in [4.69, 9.17) is 26.4 Å². The Labute approximate surface area is 250 Å². The zero-order chi connectivity index (χ0) is 30.0. The third-order valence-electron chi connectivity index (χ3n) is 6.93. The highest BCUT2D eigenvalue weighted by atomic mass is 32.2. The van der Waals surface area contributed by atoms with E-state index in [1.807, 2.05) is 18.2 Å². The smallest absolute Gasteiger partial charge is 0.271 e. The van der Waals surface area contributed by atoms with Gasteiger partial charge in [-0.15, -0.1) is 0 Å². The number of ether oxygens (including phenoxy) is 3. The molecule has 0 aliphatic carbocycles. The van der Waals surface area contributed by atoms with Crippen molar-refractivity contribution in [3.8, 4) is 29.2 Å². The van der Waals surface area contributed by atoms with Crippen LogP contribution in [0.2, 0.25) is 0 Å². The highest BCUT2D eigenvalue weighted by Gasteiger charge is 2.32. The van der Waals surface area contributed by atoms with Crippen LogP contribution in [0.4, 0.5) is 0 Å². The Morgan fingerprint density at radius 1 is 1.19 bits per heavy atom. The Hall–Kier alpha value is -4.60. The predicted molar refractivity (Wildman–Crippen MR) is 160 cm³/mol. The van der Waals surface area contributed by atoms with Crippen molar-refractivity contribution < 1.29 is 28.9 Å². The molecule has 2 aromatic carbocycles. The van der Waals surface area contributed by atoms with Crippen LogP contribution >= 0.6 is 24.0 Å². The summed E-state index contributed by atoms with van der Waals surface area (Å²) in [5, 5.41) is 20.8. The summed E-state index contributed by atoms with van der Waals surface area (Å²) in [6, 6.07) is 14.2.